The van der Waals surface area contributed by atoms with Gasteiger partial charge in [-0.2, -0.15) is 0 Å². The third kappa shape index (κ3) is 3.86. The average Bonchev–Trinajstić information content (AvgIpc) is 2.54. The van der Waals surface area contributed by atoms with Crippen LogP contribution in [0.25, 0.3) is 0 Å². The fourth-order valence-corrected chi connectivity index (χ4v) is 2.39. The number of para-hydroxylation sites is 1. The summed E-state index contributed by atoms with van der Waals surface area (Å²) >= 11 is 0. The Morgan fingerprint density at radius 1 is 1.23 bits per heavy atom. The normalized spacial score (nSPS) is 11.9. The van der Waals surface area contributed by atoms with E-state index in [1.165, 1.54) is 0 Å². The molecule has 116 valence electrons. The molecule has 2 aromatic carbocycles. The summed E-state index contributed by atoms with van der Waals surface area (Å²) in [6, 6.07) is 14.2. The van der Waals surface area contributed by atoms with E-state index in [4.69, 9.17) is 4.74 Å². The number of carbonyl (C=O) groups excluding carboxylic acids is 1. The molecule has 0 radical (unpaired) electrons. The lowest BCUT2D eigenvalue weighted by Gasteiger charge is -2.18. The van der Waals surface area contributed by atoms with E-state index < -0.39 is 0 Å². The number of ether oxygens (including phenoxy) is 1. The number of hydrogen-bond donors (Lipinski definition) is 2. The molecule has 4 nitrogen and oxygen atoms in total. The number of aromatic hydroxyl groups is 1. The van der Waals surface area contributed by atoms with Gasteiger partial charge in [0.25, 0.3) is 5.91 Å². The molecular formula is C18H21NO3. The molecule has 0 unspecified atom stereocenters. The highest BCUT2D eigenvalue weighted by Crippen LogP contribution is 2.26. The summed E-state index contributed by atoms with van der Waals surface area (Å²) in [6.07, 6.45) is 0.696. The van der Waals surface area contributed by atoms with Gasteiger partial charge in [-0.05, 0) is 30.2 Å². The number of hydrogen-bond acceptors (Lipinski definition) is 3. The lowest BCUT2D eigenvalue weighted by molar-refractivity contribution is 0.0935. The van der Waals surface area contributed by atoms with Crippen molar-refractivity contribution >= 4 is 5.91 Å². The second-order valence-electron chi connectivity index (χ2n) is 5.13. The third-order valence-electron chi connectivity index (χ3n) is 3.53. The van der Waals surface area contributed by atoms with Gasteiger partial charge >= 0.3 is 0 Å². The fourth-order valence-electron chi connectivity index (χ4n) is 2.39. The minimum Gasteiger partial charge on any atom is -0.508 e. The van der Waals surface area contributed by atoms with Crippen molar-refractivity contribution in [1.82, 2.24) is 5.32 Å². The van der Waals surface area contributed by atoms with Crippen molar-refractivity contribution in [3.63, 3.8) is 0 Å². The molecule has 1 amide bonds. The van der Waals surface area contributed by atoms with Crippen LogP contribution in [-0.4, -0.2) is 18.1 Å². The number of nitrogens with one attached hydrogen (secondary N) is 1. The van der Waals surface area contributed by atoms with E-state index in [2.05, 4.69) is 5.32 Å². The third-order valence-corrected chi connectivity index (χ3v) is 3.53. The van der Waals surface area contributed by atoms with Crippen molar-refractivity contribution in [3.05, 3.63) is 65.2 Å². The summed E-state index contributed by atoms with van der Waals surface area (Å²) < 4.78 is 5.09. The standard InChI is InChI=1S/C18H21NO3/c1-3-16(15-9-4-5-10-17(15)20)19-18(21)14-8-6-7-13(11-14)12-22-2/h4-11,16,20H,3,12H2,1-2H3,(H,19,21)/t16-/m1/s1. The molecule has 0 bridgehead atoms. The van der Waals surface area contributed by atoms with Crippen LogP contribution in [0, 0.1) is 0 Å². The van der Waals surface area contributed by atoms with E-state index in [9.17, 15) is 9.90 Å². The van der Waals surface area contributed by atoms with Crippen molar-refractivity contribution < 1.29 is 14.6 Å². The molecule has 0 saturated heterocycles. The first-order valence-electron chi connectivity index (χ1n) is 7.32. The predicted octanol–water partition coefficient (Wildman–Crippen LogP) is 3.42. The monoisotopic (exact) mass is 299 g/mol. The van der Waals surface area contributed by atoms with Gasteiger partial charge in [-0.25, -0.2) is 0 Å². The second-order valence-corrected chi connectivity index (χ2v) is 5.13. The SMILES string of the molecule is CC[C@@H](NC(=O)c1cccc(COC)c1)c1ccccc1O. The van der Waals surface area contributed by atoms with Gasteiger partial charge in [0.15, 0.2) is 0 Å². The zero-order valence-electron chi connectivity index (χ0n) is 12.9. The largest absolute Gasteiger partial charge is 0.508 e. The maximum atomic E-state index is 12.4. The lowest BCUT2D eigenvalue weighted by Crippen LogP contribution is -2.28. The first kappa shape index (κ1) is 16.0. The number of phenols is 1. The Morgan fingerprint density at radius 3 is 2.68 bits per heavy atom. The van der Waals surface area contributed by atoms with Gasteiger partial charge in [0.2, 0.25) is 0 Å². The summed E-state index contributed by atoms with van der Waals surface area (Å²) in [6.45, 7) is 2.44. The van der Waals surface area contributed by atoms with Gasteiger partial charge in [-0.1, -0.05) is 37.3 Å². The summed E-state index contributed by atoms with van der Waals surface area (Å²) in [5, 5.41) is 12.9. The van der Waals surface area contributed by atoms with Crippen molar-refractivity contribution in [2.24, 2.45) is 0 Å². The summed E-state index contributed by atoms with van der Waals surface area (Å²) in [4.78, 5) is 12.4. The minimum absolute atomic E-state index is 0.159. The van der Waals surface area contributed by atoms with E-state index in [-0.39, 0.29) is 17.7 Å². The van der Waals surface area contributed by atoms with Crippen molar-refractivity contribution in [3.8, 4) is 5.75 Å². The topological polar surface area (TPSA) is 58.6 Å². The molecule has 0 aromatic heterocycles. The lowest BCUT2D eigenvalue weighted by atomic mass is 10.0. The Labute approximate surface area is 130 Å². The van der Waals surface area contributed by atoms with Crippen LogP contribution in [-0.2, 0) is 11.3 Å². The van der Waals surface area contributed by atoms with Crippen molar-refractivity contribution in [2.75, 3.05) is 7.11 Å². The fraction of sp³-hybridized carbons (Fsp3) is 0.278. The molecule has 4 heteroatoms. The average molecular weight is 299 g/mol. The Morgan fingerprint density at radius 2 is 2.00 bits per heavy atom. The quantitative estimate of drug-likeness (QED) is 0.859. The Bertz CT molecular complexity index is 640. The highest BCUT2D eigenvalue weighted by Gasteiger charge is 2.16. The molecule has 0 aliphatic heterocycles. The first-order valence-corrected chi connectivity index (χ1v) is 7.32. The Hall–Kier alpha value is -2.33. The number of rotatable bonds is 6. The van der Waals surface area contributed by atoms with E-state index in [0.29, 0.717) is 18.6 Å². The molecule has 2 N–H and O–H groups in total. The molecule has 2 aromatic rings. The second kappa shape index (κ2) is 7.61. The van der Waals surface area contributed by atoms with E-state index in [1.807, 2.05) is 37.3 Å². The highest BCUT2D eigenvalue weighted by molar-refractivity contribution is 5.94. The molecule has 0 saturated carbocycles. The Balaban J connectivity index is 2.16. The number of phenolic OH excluding ortho intramolecular Hbond substituents is 1. The zero-order chi connectivity index (χ0) is 15.9. The first-order chi connectivity index (χ1) is 10.7. The molecule has 22 heavy (non-hydrogen) atoms. The van der Waals surface area contributed by atoms with Crippen LogP contribution in [0.2, 0.25) is 0 Å². The van der Waals surface area contributed by atoms with Gasteiger partial charge in [-0.15, -0.1) is 0 Å². The van der Waals surface area contributed by atoms with Crippen LogP contribution in [0.4, 0.5) is 0 Å². The van der Waals surface area contributed by atoms with Gasteiger partial charge in [-0.3, -0.25) is 4.79 Å². The molecular weight excluding hydrogens is 278 g/mol. The molecule has 0 fully saturated rings. The van der Waals surface area contributed by atoms with Crippen LogP contribution < -0.4 is 5.32 Å². The van der Waals surface area contributed by atoms with Gasteiger partial charge in [0.05, 0.1) is 12.6 Å². The van der Waals surface area contributed by atoms with Crippen LogP contribution in [0.5, 0.6) is 5.75 Å². The van der Waals surface area contributed by atoms with Crippen molar-refractivity contribution in [2.45, 2.75) is 26.0 Å². The zero-order valence-corrected chi connectivity index (χ0v) is 12.9. The maximum Gasteiger partial charge on any atom is 0.251 e. The van der Waals surface area contributed by atoms with Crippen LogP contribution in [0.1, 0.15) is 40.9 Å². The molecule has 0 spiro atoms. The van der Waals surface area contributed by atoms with Crippen LogP contribution >= 0.6 is 0 Å². The van der Waals surface area contributed by atoms with E-state index in [1.54, 1.807) is 25.3 Å². The summed E-state index contributed by atoms with van der Waals surface area (Å²) in [7, 11) is 1.62. The number of methoxy groups -OCH3 is 1. The number of carbonyl (C=O) groups is 1. The molecule has 0 aliphatic rings. The summed E-state index contributed by atoms with van der Waals surface area (Å²) in [5.74, 6) is 0.0378. The number of benzene rings is 2. The molecule has 0 aliphatic carbocycles. The number of amides is 1. The van der Waals surface area contributed by atoms with Gasteiger partial charge in [0.1, 0.15) is 5.75 Å². The predicted molar refractivity (Wildman–Crippen MR) is 85.8 cm³/mol. The minimum atomic E-state index is -0.222. The summed E-state index contributed by atoms with van der Waals surface area (Å²) in [5.41, 5.74) is 2.26. The van der Waals surface area contributed by atoms with Crippen molar-refractivity contribution in [1.29, 1.82) is 0 Å². The van der Waals surface area contributed by atoms with E-state index in [0.717, 1.165) is 11.1 Å². The van der Waals surface area contributed by atoms with Crippen LogP contribution in [0.15, 0.2) is 48.5 Å². The molecule has 2 rings (SSSR count). The van der Waals surface area contributed by atoms with Crippen LogP contribution in [0.3, 0.4) is 0 Å². The smallest absolute Gasteiger partial charge is 0.251 e. The maximum absolute atomic E-state index is 12.4. The van der Waals surface area contributed by atoms with Gasteiger partial charge in [0, 0.05) is 18.2 Å². The van der Waals surface area contributed by atoms with Gasteiger partial charge < -0.3 is 15.2 Å². The molecule has 1 atom stereocenters. The van der Waals surface area contributed by atoms with E-state index >= 15 is 0 Å². The highest BCUT2D eigenvalue weighted by atomic mass is 16.5. The Kier molecular flexibility index (Phi) is 5.55. The molecule has 0 heterocycles.